The van der Waals surface area contributed by atoms with Gasteiger partial charge in [-0.3, -0.25) is 4.79 Å². The number of carbonyl (C=O) groups is 1. The van der Waals surface area contributed by atoms with Gasteiger partial charge >= 0.3 is 0 Å². The molecule has 1 aromatic carbocycles. The highest BCUT2D eigenvalue weighted by Crippen LogP contribution is 2.21. The van der Waals surface area contributed by atoms with Crippen LogP contribution < -0.4 is 10.6 Å². The molecule has 1 aliphatic heterocycles. The average molecular weight is 256 g/mol. The Bertz CT molecular complexity index is 582. The molecule has 0 aliphatic carbocycles. The number of amides is 1. The molecular weight excluding hydrogens is 240 g/mol. The van der Waals surface area contributed by atoms with Crippen molar-refractivity contribution in [3.63, 3.8) is 0 Å². The second-order valence-electron chi connectivity index (χ2n) is 4.72. The summed E-state index contributed by atoms with van der Waals surface area (Å²) in [5.41, 5.74) is 7.64. The van der Waals surface area contributed by atoms with Gasteiger partial charge in [-0.25, -0.2) is 4.68 Å². The molecule has 98 valence electrons. The van der Waals surface area contributed by atoms with E-state index in [0.29, 0.717) is 0 Å². The van der Waals surface area contributed by atoms with Crippen LogP contribution in [0.25, 0.3) is 5.69 Å². The molecule has 2 N–H and O–H groups in total. The summed E-state index contributed by atoms with van der Waals surface area (Å²) < 4.78 is 1.66. The summed E-state index contributed by atoms with van der Waals surface area (Å²) in [6, 6.07) is 9.81. The first kappa shape index (κ1) is 11.8. The predicted molar refractivity (Wildman–Crippen MR) is 73.5 cm³/mol. The lowest BCUT2D eigenvalue weighted by molar-refractivity contribution is 0.0995. The number of primary amides is 1. The van der Waals surface area contributed by atoms with E-state index in [9.17, 15) is 4.79 Å². The first-order chi connectivity index (χ1) is 9.24. The molecule has 1 aliphatic rings. The van der Waals surface area contributed by atoms with Gasteiger partial charge in [-0.1, -0.05) is 0 Å². The molecule has 1 amide bonds. The number of hydrogen-bond acceptors (Lipinski definition) is 3. The Morgan fingerprint density at radius 1 is 1.05 bits per heavy atom. The maximum atomic E-state index is 11.0. The third kappa shape index (κ3) is 2.31. The number of rotatable bonds is 3. The van der Waals surface area contributed by atoms with E-state index in [1.807, 2.05) is 12.1 Å². The van der Waals surface area contributed by atoms with Crippen LogP contribution in [-0.2, 0) is 0 Å². The van der Waals surface area contributed by atoms with Crippen molar-refractivity contribution in [3.05, 3.63) is 42.2 Å². The van der Waals surface area contributed by atoms with E-state index in [0.717, 1.165) is 18.8 Å². The molecule has 5 heteroatoms. The number of nitrogens with two attached hydrogens (primary N) is 1. The molecule has 1 saturated heterocycles. The summed E-state index contributed by atoms with van der Waals surface area (Å²) in [5, 5.41) is 4.14. The van der Waals surface area contributed by atoms with Gasteiger partial charge in [0.2, 0.25) is 0 Å². The van der Waals surface area contributed by atoms with Gasteiger partial charge in [0, 0.05) is 25.0 Å². The van der Waals surface area contributed by atoms with Crippen molar-refractivity contribution in [2.24, 2.45) is 5.73 Å². The second-order valence-corrected chi connectivity index (χ2v) is 4.72. The van der Waals surface area contributed by atoms with Crippen LogP contribution >= 0.6 is 0 Å². The number of nitrogens with zero attached hydrogens (tertiary/aromatic N) is 3. The zero-order valence-corrected chi connectivity index (χ0v) is 10.6. The van der Waals surface area contributed by atoms with E-state index < -0.39 is 5.91 Å². The molecule has 0 bridgehead atoms. The third-order valence-corrected chi connectivity index (χ3v) is 3.43. The molecule has 0 unspecified atom stereocenters. The minimum Gasteiger partial charge on any atom is -0.372 e. The Kier molecular flexibility index (Phi) is 2.95. The topological polar surface area (TPSA) is 64.2 Å². The fourth-order valence-electron chi connectivity index (χ4n) is 2.39. The third-order valence-electron chi connectivity index (χ3n) is 3.43. The zero-order chi connectivity index (χ0) is 13.2. The summed E-state index contributed by atoms with van der Waals surface area (Å²) in [5.74, 6) is -0.507. The number of hydrogen-bond donors (Lipinski definition) is 1. The van der Waals surface area contributed by atoms with Crippen LogP contribution in [0.15, 0.2) is 36.5 Å². The second kappa shape index (κ2) is 4.76. The summed E-state index contributed by atoms with van der Waals surface area (Å²) in [4.78, 5) is 13.4. The molecule has 0 atom stereocenters. The quantitative estimate of drug-likeness (QED) is 0.906. The highest BCUT2D eigenvalue weighted by molar-refractivity contribution is 5.90. The molecule has 0 saturated carbocycles. The SMILES string of the molecule is NC(=O)c1ccn(-c2ccc(N3CCCC3)cc2)n1. The standard InChI is InChI=1S/C14H16N4O/c15-14(19)13-7-10-18(16-13)12-5-3-11(4-6-12)17-8-1-2-9-17/h3-7,10H,1-2,8-9H2,(H2,15,19). The molecule has 5 nitrogen and oxygen atoms in total. The van der Waals surface area contributed by atoms with E-state index in [2.05, 4.69) is 22.1 Å². The molecule has 0 radical (unpaired) electrons. The van der Waals surface area contributed by atoms with E-state index in [1.165, 1.54) is 18.5 Å². The Labute approximate surface area is 111 Å². The first-order valence-electron chi connectivity index (χ1n) is 6.45. The maximum Gasteiger partial charge on any atom is 0.269 e. The Morgan fingerprint density at radius 3 is 2.26 bits per heavy atom. The summed E-state index contributed by atoms with van der Waals surface area (Å²) >= 11 is 0. The molecule has 3 rings (SSSR count). The van der Waals surface area contributed by atoms with Crippen molar-refractivity contribution < 1.29 is 4.79 Å². The predicted octanol–water partition coefficient (Wildman–Crippen LogP) is 1.57. The van der Waals surface area contributed by atoms with E-state index in [4.69, 9.17) is 5.73 Å². The smallest absolute Gasteiger partial charge is 0.269 e. The Hall–Kier alpha value is -2.30. The van der Waals surface area contributed by atoms with Crippen molar-refractivity contribution in [2.45, 2.75) is 12.8 Å². The highest BCUT2D eigenvalue weighted by Gasteiger charge is 2.12. The van der Waals surface area contributed by atoms with Crippen LogP contribution in [0, 0.1) is 0 Å². The minimum absolute atomic E-state index is 0.281. The van der Waals surface area contributed by atoms with Crippen LogP contribution in [0.4, 0.5) is 5.69 Å². The first-order valence-corrected chi connectivity index (χ1v) is 6.45. The maximum absolute atomic E-state index is 11.0. The van der Waals surface area contributed by atoms with Crippen molar-refractivity contribution >= 4 is 11.6 Å². The van der Waals surface area contributed by atoms with Gasteiger partial charge in [0.25, 0.3) is 5.91 Å². The van der Waals surface area contributed by atoms with Gasteiger partial charge in [-0.2, -0.15) is 5.10 Å². The largest absolute Gasteiger partial charge is 0.372 e. The van der Waals surface area contributed by atoms with Gasteiger partial charge < -0.3 is 10.6 Å². The van der Waals surface area contributed by atoms with Gasteiger partial charge in [0.1, 0.15) is 5.69 Å². The molecule has 1 aromatic heterocycles. The highest BCUT2D eigenvalue weighted by atomic mass is 16.1. The molecule has 1 fully saturated rings. The van der Waals surface area contributed by atoms with Gasteiger partial charge in [-0.05, 0) is 43.2 Å². The Balaban J connectivity index is 1.82. The molecule has 2 heterocycles. The lowest BCUT2D eigenvalue weighted by atomic mass is 10.2. The fourth-order valence-corrected chi connectivity index (χ4v) is 2.39. The summed E-state index contributed by atoms with van der Waals surface area (Å²) in [7, 11) is 0. The number of carbonyl (C=O) groups excluding carboxylic acids is 1. The van der Waals surface area contributed by atoms with Gasteiger partial charge in [0.15, 0.2) is 0 Å². The molecular formula is C14H16N4O. The van der Waals surface area contributed by atoms with Crippen LogP contribution in [-0.4, -0.2) is 28.8 Å². The lowest BCUT2D eigenvalue weighted by Crippen LogP contribution is -2.17. The monoisotopic (exact) mass is 256 g/mol. The Morgan fingerprint density at radius 2 is 1.68 bits per heavy atom. The normalized spacial score (nSPS) is 14.8. The van der Waals surface area contributed by atoms with E-state index >= 15 is 0 Å². The number of aromatic nitrogens is 2. The number of anilines is 1. The lowest BCUT2D eigenvalue weighted by Gasteiger charge is -2.17. The summed E-state index contributed by atoms with van der Waals surface area (Å²) in [6.07, 6.45) is 4.27. The van der Waals surface area contributed by atoms with Crippen LogP contribution in [0.5, 0.6) is 0 Å². The average Bonchev–Trinajstić information content (AvgIpc) is 3.11. The molecule has 19 heavy (non-hydrogen) atoms. The van der Waals surface area contributed by atoms with Crippen molar-refractivity contribution in [3.8, 4) is 5.69 Å². The van der Waals surface area contributed by atoms with Crippen molar-refractivity contribution in [2.75, 3.05) is 18.0 Å². The summed E-state index contributed by atoms with van der Waals surface area (Å²) in [6.45, 7) is 2.26. The minimum atomic E-state index is -0.507. The fraction of sp³-hybridized carbons (Fsp3) is 0.286. The number of benzene rings is 1. The van der Waals surface area contributed by atoms with Crippen molar-refractivity contribution in [1.82, 2.24) is 9.78 Å². The zero-order valence-electron chi connectivity index (χ0n) is 10.6. The van der Waals surface area contributed by atoms with Gasteiger partial charge in [-0.15, -0.1) is 0 Å². The van der Waals surface area contributed by atoms with Gasteiger partial charge in [0.05, 0.1) is 5.69 Å². The molecule has 0 spiro atoms. The van der Waals surface area contributed by atoms with Crippen LogP contribution in [0.2, 0.25) is 0 Å². The van der Waals surface area contributed by atoms with Crippen LogP contribution in [0.3, 0.4) is 0 Å². The van der Waals surface area contributed by atoms with E-state index in [-0.39, 0.29) is 5.69 Å². The molecule has 2 aromatic rings. The van der Waals surface area contributed by atoms with Crippen molar-refractivity contribution in [1.29, 1.82) is 0 Å². The van der Waals surface area contributed by atoms with Crippen LogP contribution in [0.1, 0.15) is 23.3 Å². The van der Waals surface area contributed by atoms with E-state index in [1.54, 1.807) is 16.9 Å².